The number of ether oxygens (including phenoxy) is 2. The largest absolute Gasteiger partial charge is 0.493 e. The summed E-state index contributed by atoms with van der Waals surface area (Å²) in [6, 6.07) is 0. The molecule has 3 aliphatic heterocycles. The van der Waals surface area contributed by atoms with E-state index in [1.165, 1.54) is 6.08 Å². The zero-order chi connectivity index (χ0) is 23.4. The van der Waals surface area contributed by atoms with E-state index in [2.05, 4.69) is 9.98 Å². The van der Waals surface area contributed by atoms with Crippen LogP contribution < -0.4 is 0 Å². The molecule has 2 saturated heterocycles. The van der Waals surface area contributed by atoms with E-state index in [1.807, 2.05) is 0 Å². The van der Waals surface area contributed by atoms with Crippen LogP contribution in [-0.4, -0.2) is 78.7 Å². The van der Waals surface area contributed by atoms with Gasteiger partial charge >= 0.3 is 0 Å². The summed E-state index contributed by atoms with van der Waals surface area (Å²) in [6.45, 7) is 3.74. The van der Waals surface area contributed by atoms with E-state index in [1.54, 1.807) is 22.7 Å². The van der Waals surface area contributed by atoms with Crippen molar-refractivity contribution in [1.82, 2.24) is 4.90 Å². The molecular formula is C23H30F3N3O3S. The molecule has 0 radical (unpaired) electrons. The number of nitrogens with zero attached hydrogens (tertiary/aromatic N) is 3. The number of allylic oxidation sites excluding steroid dienone is 2. The first-order valence-electron chi connectivity index (χ1n) is 11.5. The average Bonchev–Trinajstić information content (AvgIpc) is 2.76. The van der Waals surface area contributed by atoms with Crippen LogP contribution in [0.4, 0.5) is 13.2 Å². The molecule has 0 aromatic rings. The standard InChI is InChI=1S/C23H30F3N3O3S/c1-23(25,26)14-29-6-2-15(3-7-29)12-32-16-10-18(24)21-19(11-16)27-20(28-22(21)30)13-33-17-4-8-31-9-5-17/h10-11,15,17,21H,2-9,12-14H2,1H3. The predicted molar refractivity (Wildman–Crippen MR) is 123 cm³/mol. The number of piperidine rings is 1. The normalized spacial score (nSPS) is 25.7. The van der Waals surface area contributed by atoms with Gasteiger partial charge in [-0.2, -0.15) is 16.8 Å². The quantitative estimate of drug-likeness (QED) is 0.520. The molecule has 1 atom stereocenters. The third kappa shape index (κ3) is 6.93. The fourth-order valence-electron chi connectivity index (χ4n) is 4.44. The average molecular weight is 486 g/mol. The molecule has 1 amide bonds. The van der Waals surface area contributed by atoms with Gasteiger partial charge in [0.1, 0.15) is 23.3 Å². The number of hydrogen-bond acceptors (Lipinski definition) is 6. The van der Waals surface area contributed by atoms with Crippen LogP contribution in [0.1, 0.15) is 32.6 Å². The van der Waals surface area contributed by atoms with Crippen LogP contribution in [0.15, 0.2) is 33.7 Å². The van der Waals surface area contributed by atoms with Crippen molar-refractivity contribution in [2.75, 3.05) is 45.2 Å². The van der Waals surface area contributed by atoms with Crippen molar-refractivity contribution in [2.45, 2.75) is 43.8 Å². The van der Waals surface area contributed by atoms with E-state index in [-0.39, 0.29) is 12.5 Å². The number of carbonyl (C=O) groups excluding carboxylic acids is 1. The van der Waals surface area contributed by atoms with Gasteiger partial charge in [-0.1, -0.05) is 0 Å². The number of rotatable bonds is 8. The third-order valence-corrected chi connectivity index (χ3v) is 7.56. The van der Waals surface area contributed by atoms with Crippen molar-refractivity contribution in [3.05, 3.63) is 23.7 Å². The van der Waals surface area contributed by atoms with Crippen LogP contribution in [0.2, 0.25) is 0 Å². The Balaban J connectivity index is 1.31. The van der Waals surface area contributed by atoms with Crippen molar-refractivity contribution in [1.29, 1.82) is 0 Å². The molecule has 6 nitrogen and oxygen atoms in total. The third-order valence-electron chi connectivity index (χ3n) is 6.20. The summed E-state index contributed by atoms with van der Waals surface area (Å²) in [6.07, 6.45) is 6.26. The molecule has 33 heavy (non-hydrogen) atoms. The number of aliphatic imine (C=N–C) groups is 2. The minimum atomic E-state index is -2.70. The monoisotopic (exact) mass is 485 g/mol. The number of hydrogen-bond donors (Lipinski definition) is 0. The number of fused-ring (bicyclic) bond motifs is 1. The maximum absolute atomic E-state index is 14.7. The summed E-state index contributed by atoms with van der Waals surface area (Å²) in [5, 5.41) is 0.446. The molecule has 0 bridgehead atoms. The number of amidine groups is 1. The van der Waals surface area contributed by atoms with Crippen LogP contribution in [0.25, 0.3) is 0 Å². The van der Waals surface area contributed by atoms with Crippen molar-refractivity contribution < 1.29 is 27.4 Å². The van der Waals surface area contributed by atoms with Crippen LogP contribution in [0, 0.1) is 11.8 Å². The van der Waals surface area contributed by atoms with Gasteiger partial charge in [-0.25, -0.2) is 18.2 Å². The highest BCUT2D eigenvalue weighted by molar-refractivity contribution is 8.00. The molecule has 0 N–H and O–H groups in total. The smallest absolute Gasteiger partial charge is 0.263 e. The Kier molecular flexibility index (Phi) is 7.96. The highest BCUT2D eigenvalue weighted by Gasteiger charge is 2.35. The number of likely N-dealkylation sites (tertiary alicyclic amines) is 1. The molecule has 10 heteroatoms. The summed E-state index contributed by atoms with van der Waals surface area (Å²) >= 11 is 1.70. The zero-order valence-electron chi connectivity index (χ0n) is 18.8. The second-order valence-electron chi connectivity index (χ2n) is 9.14. The molecule has 182 valence electrons. The minimum absolute atomic E-state index is 0.213. The first kappa shape index (κ1) is 24.5. The molecular weight excluding hydrogens is 455 g/mol. The van der Waals surface area contributed by atoms with E-state index in [9.17, 15) is 18.0 Å². The van der Waals surface area contributed by atoms with Crippen molar-refractivity contribution in [3.8, 4) is 0 Å². The summed E-state index contributed by atoms with van der Waals surface area (Å²) in [4.78, 5) is 22.7. The fourth-order valence-corrected chi connectivity index (χ4v) is 5.48. The number of amides is 1. The summed E-state index contributed by atoms with van der Waals surface area (Å²) in [5.41, 5.74) is 0.326. The molecule has 1 unspecified atom stereocenters. The lowest BCUT2D eigenvalue weighted by atomic mass is 9.94. The molecule has 0 spiro atoms. The molecule has 2 fully saturated rings. The van der Waals surface area contributed by atoms with Crippen molar-refractivity contribution in [3.63, 3.8) is 0 Å². The van der Waals surface area contributed by atoms with Crippen molar-refractivity contribution in [2.24, 2.45) is 21.8 Å². The van der Waals surface area contributed by atoms with Crippen LogP contribution in [-0.2, 0) is 14.3 Å². The minimum Gasteiger partial charge on any atom is -0.493 e. The van der Waals surface area contributed by atoms with Crippen LogP contribution in [0.3, 0.4) is 0 Å². The SMILES string of the molecule is CC(F)(F)CN1CCC(COC2=CC3=NC(CSC4CCOCC4)=NC(=O)C3C(F)=C2)CC1. The second-order valence-corrected chi connectivity index (χ2v) is 10.4. The lowest BCUT2D eigenvalue weighted by Gasteiger charge is -2.33. The summed E-state index contributed by atoms with van der Waals surface area (Å²) in [5.74, 6) is -3.49. The Bertz CT molecular complexity index is 855. The van der Waals surface area contributed by atoms with E-state index in [0.717, 1.165) is 45.8 Å². The summed E-state index contributed by atoms with van der Waals surface area (Å²) in [7, 11) is 0. The Labute approximate surface area is 196 Å². The van der Waals surface area contributed by atoms with Gasteiger partial charge in [-0.3, -0.25) is 9.69 Å². The van der Waals surface area contributed by atoms with Gasteiger partial charge in [0.15, 0.2) is 0 Å². The predicted octanol–water partition coefficient (Wildman–Crippen LogP) is 4.03. The number of carbonyl (C=O) groups is 1. The molecule has 0 aromatic heterocycles. The second kappa shape index (κ2) is 10.7. The van der Waals surface area contributed by atoms with Gasteiger partial charge in [-0.15, -0.1) is 0 Å². The highest BCUT2D eigenvalue weighted by Crippen LogP contribution is 2.30. The topological polar surface area (TPSA) is 63.5 Å². The number of alkyl halides is 2. The maximum atomic E-state index is 14.7. The van der Waals surface area contributed by atoms with Gasteiger partial charge in [0, 0.05) is 37.5 Å². The van der Waals surface area contributed by atoms with Gasteiger partial charge in [-0.05, 0) is 44.7 Å². The number of halogens is 3. The van der Waals surface area contributed by atoms with Gasteiger partial charge in [0.05, 0.1) is 24.6 Å². The first-order valence-corrected chi connectivity index (χ1v) is 12.5. The maximum Gasteiger partial charge on any atom is 0.263 e. The van der Waals surface area contributed by atoms with Gasteiger partial charge < -0.3 is 9.47 Å². The lowest BCUT2D eigenvalue weighted by molar-refractivity contribution is -0.119. The van der Waals surface area contributed by atoms with E-state index in [0.29, 0.717) is 48.0 Å². The van der Waals surface area contributed by atoms with E-state index in [4.69, 9.17) is 9.47 Å². The summed E-state index contributed by atoms with van der Waals surface area (Å²) < 4.78 is 52.3. The molecule has 3 heterocycles. The van der Waals surface area contributed by atoms with Crippen molar-refractivity contribution >= 4 is 29.2 Å². The molecule has 4 rings (SSSR count). The Morgan fingerprint density at radius 1 is 1.18 bits per heavy atom. The lowest BCUT2D eigenvalue weighted by Crippen LogP contribution is -2.41. The highest BCUT2D eigenvalue weighted by atomic mass is 32.2. The van der Waals surface area contributed by atoms with Gasteiger partial charge in [0.2, 0.25) is 0 Å². The molecule has 0 saturated carbocycles. The van der Waals surface area contributed by atoms with Crippen LogP contribution in [0.5, 0.6) is 0 Å². The Morgan fingerprint density at radius 2 is 1.91 bits per heavy atom. The Hall–Kier alpha value is -1.65. The Morgan fingerprint density at radius 3 is 2.61 bits per heavy atom. The zero-order valence-corrected chi connectivity index (χ0v) is 19.6. The van der Waals surface area contributed by atoms with Crippen LogP contribution >= 0.6 is 11.8 Å². The molecule has 4 aliphatic rings. The molecule has 0 aromatic carbocycles. The molecule has 1 aliphatic carbocycles. The fraction of sp³-hybridized carbons (Fsp3) is 0.696. The first-order chi connectivity index (χ1) is 15.8. The van der Waals surface area contributed by atoms with E-state index >= 15 is 0 Å². The number of thioether (sulfide) groups is 1. The van der Waals surface area contributed by atoms with Gasteiger partial charge in [0.25, 0.3) is 11.8 Å². The van der Waals surface area contributed by atoms with E-state index < -0.39 is 23.6 Å².